The Hall–Kier alpha value is -2.32. The molecule has 4 aromatic rings. The molecule has 0 bridgehead atoms. The van der Waals surface area contributed by atoms with Gasteiger partial charge < -0.3 is 0 Å². The fraction of sp³-hybridized carbons (Fsp3) is 0.318. The van der Waals surface area contributed by atoms with E-state index in [1.165, 1.54) is 11.3 Å². The number of aryl methyl sites for hydroxylation is 1. The zero-order valence-electron chi connectivity index (χ0n) is 16.7. The maximum atomic E-state index is 12.2. The van der Waals surface area contributed by atoms with Crippen molar-refractivity contribution >= 4 is 38.8 Å². The fourth-order valence-electron chi connectivity index (χ4n) is 4.04. The molecule has 1 aliphatic rings. The standard InChI is InChI=1S/C22H22ClN5OS/c1-15-17-4-2-3-5-18(17)25-19(21(15)23)14-27-8-6-26(7-9-27)13-16-12-20(29)28-10-11-30-22(28)24-16/h2-5,10-12H,6-9,13-14H2,1H3. The third kappa shape index (κ3) is 3.74. The SMILES string of the molecule is Cc1c(Cl)c(CN2CCN(Cc3cc(=O)n4ccsc4n3)CC2)nc2ccccc12. The fourth-order valence-corrected chi connectivity index (χ4v) is 4.98. The van der Waals surface area contributed by atoms with Crippen molar-refractivity contribution in [3.63, 3.8) is 0 Å². The molecule has 0 unspecified atom stereocenters. The normalized spacial score (nSPS) is 15.9. The number of piperazine rings is 1. The van der Waals surface area contributed by atoms with E-state index in [0.29, 0.717) is 6.54 Å². The summed E-state index contributed by atoms with van der Waals surface area (Å²) in [5.74, 6) is 0. The number of hydrogen-bond donors (Lipinski definition) is 0. The van der Waals surface area contributed by atoms with Gasteiger partial charge in [-0.3, -0.25) is 19.0 Å². The molecular formula is C22H22ClN5OS. The first-order valence-corrected chi connectivity index (χ1v) is 11.3. The van der Waals surface area contributed by atoms with Gasteiger partial charge in [0.15, 0.2) is 4.96 Å². The van der Waals surface area contributed by atoms with E-state index in [9.17, 15) is 4.79 Å². The number of para-hydroxylation sites is 1. The lowest BCUT2D eigenvalue weighted by Gasteiger charge is -2.34. The molecule has 6 nitrogen and oxygen atoms in total. The predicted molar refractivity (Wildman–Crippen MR) is 121 cm³/mol. The second kappa shape index (κ2) is 8.07. The van der Waals surface area contributed by atoms with Crippen LogP contribution in [0.3, 0.4) is 0 Å². The van der Waals surface area contributed by atoms with Crippen molar-refractivity contribution < 1.29 is 0 Å². The minimum Gasteiger partial charge on any atom is -0.295 e. The number of nitrogens with zero attached hydrogens (tertiary/aromatic N) is 5. The molecule has 0 atom stereocenters. The molecule has 0 N–H and O–H groups in total. The Labute approximate surface area is 183 Å². The molecule has 0 saturated carbocycles. The number of fused-ring (bicyclic) bond motifs is 2. The smallest absolute Gasteiger partial charge is 0.258 e. The van der Waals surface area contributed by atoms with Crippen LogP contribution >= 0.6 is 22.9 Å². The maximum Gasteiger partial charge on any atom is 0.258 e. The van der Waals surface area contributed by atoms with Gasteiger partial charge in [-0.05, 0) is 18.6 Å². The summed E-state index contributed by atoms with van der Waals surface area (Å²) < 4.78 is 1.59. The van der Waals surface area contributed by atoms with Crippen molar-refractivity contribution in [3.8, 4) is 0 Å². The van der Waals surface area contributed by atoms with Gasteiger partial charge in [0.05, 0.1) is 21.9 Å². The van der Waals surface area contributed by atoms with Crippen molar-refractivity contribution in [3.05, 3.63) is 74.2 Å². The molecule has 8 heteroatoms. The largest absolute Gasteiger partial charge is 0.295 e. The highest BCUT2D eigenvalue weighted by Crippen LogP contribution is 2.28. The highest BCUT2D eigenvalue weighted by Gasteiger charge is 2.20. The predicted octanol–water partition coefficient (Wildman–Crippen LogP) is 3.58. The lowest BCUT2D eigenvalue weighted by molar-refractivity contribution is 0.120. The van der Waals surface area contributed by atoms with Gasteiger partial charge in [-0.2, -0.15) is 0 Å². The summed E-state index contributed by atoms with van der Waals surface area (Å²) in [6.45, 7) is 7.23. The number of halogens is 1. The topological polar surface area (TPSA) is 53.7 Å². The minimum absolute atomic E-state index is 0.0118. The lowest BCUT2D eigenvalue weighted by Crippen LogP contribution is -2.45. The van der Waals surface area contributed by atoms with Crippen molar-refractivity contribution in [1.82, 2.24) is 24.2 Å². The van der Waals surface area contributed by atoms with Crippen LogP contribution in [-0.4, -0.2) is 50.3 Å². The number of aromatic nitrogens is 3. The molecule has 154 valence electrons. The maximum absolute atomic E-state index is 12.2. The van der Waals surface area contributed by atoms with Crippen molar-refractivity contribution in [1.29, 1.82) is 0 Å². The minimum atomic E-state index is -0.0118. The molecule has 1 aromatic carbocycles. The van der Waals surface area contributed by atoms with Gasteiger partial charge in [0, 0.05) is 62.3 Å². The summed E-state index contributed by atoms with van der Waals surface area (Å²) >= 11 is 8.13. The molecule has 30 heavy (non-hydrogen) atoms. The second-order valence-corrected chi connectivity index (χ2v) is 8.96. The van der Waals surface area contributed by atoms with Gasteiger partial charge in [0.2, 0.25) is 0 Å². The highest BCUT2D eigenvalue weighted by molar-refractivity contribution is 7.15. The van der Waals surface area contributed by atoms with Gasteiger partial charge in [0.25, 0.3) is 5.56 Å². The van der Waals surface area contributed by atoms with Crippen molar-refractivity contribution in [2.45, 2.75) is 20.0 Å². The molecular weight excluding hydrogens is 418 g/mol. The van der Waals surface area contributed by atoms with Gasteiger partial charge >= 0.3 is 0 Å². The van der Waals surface area contributed by atoms with Crippen LogP contribution in [0.1, 0.15) is 17.0 Å². The average molecular weight is 440 g/mol. The summed E-state index contributed by atoms with van der Waals surface area (Å²) in [7, 11) is 0. The van der Waals surface area contributed by atoms with Crippen molar-refractivity contribution in [2.75, 3.05) is 26.2 Å². The van der Waals surface area contributed by atoms with Gasteiger partial charge in [-0.15, -0.1) is 11.3 Å². The monoisotopic (exact) mass is 439 g/mol. The highest BCUT2D eigenvalue weighted by atomic mass is 35.5. The molecule has 1 saturated heterocycles. The summed E-state index contributed by atoms with van der Waals surface area (Å²) in [5, 5.41) is 3.77. The number of hydrogen-bond acceptors (Lipinski definition) is 6. The number of rotatable bonds is 4. The first kappa shape index (κ1) is 19.6. The van der Waals surface area contributed by atoms with E-state index in [0.717, 1.165) is 70.6 Å². The van der Waals surface area contributed by atoms with Gasteiger partial charge in [0.1, 0.15) is 0 Å². The quantitative estimate of drug-likeness (QED) is 0.486. The summed E-state index contributed by atoms with van der Waals surface area (Å²) in [6, 6.07) is 9.79. The number of benzene rings is 1. The molecule has 5 rings (SSSR count). The van der Waals surface area contributed by atoms with Crippen LogP contribution in [-0.2, 0) is 13.1 Å². The third-order valence-corrected chi connectivity index (χ3v) is 6.98. The van der Waals surface area contributed by atoms with E-state index in [2.05, 4.69) is 27.8 Å². The molecule has 0 amide bonds. The van der Waals surface area contributed by atoms with Crippen LogP contribution in [0.4, 0.5) is 0 Å². The van der Waals surface area contributed by atoms with E-state index in [4.69, 9.17) is 16.6 Å². The van der Waals surface area contributed by atoms with E-state index in [-0.39, 0.29) is 5.56 Å². The molecule has 3 aromatic heterocycles. The Bertz CT molecular complexity index is 1280. The van der Waals surface area contributed by atoms with Crippen LogP contribution in [0.5, 0.6) is 0 Å². The Kier molecular flexibility index (Phi) is 5.28. The average Bonchev–Trinajstić information content (AvgIpc) is 3.22. The first-order valence-electron chi connectivity index (χ1n) is 10.0. The van der Waals surface area contributed by atoms with Crippen LogP contribution in [0.25, 0.3) is 15.9 Å². The van der Waals surface area contributed by atoms with Crippen LogP contribution in [0, 0.1) is 6.92 Å². The Morgan fingerprint density at radius 3 is 2.60 bits per heavy atom. The van der Waals surface area contributed by atoms with Crippen LogP contribution in [0.15, 0.2) is 46.7 Å². The van der Waals surface area contributed by atoms with Crippen LogP contribution in [0.2, 0.25) is 5.02 Å². The van der Waals surface area contributed by atoms with E-state index in [1.807, 2.05) is 23.6 Å². The number of pyridine rings is 1. The first-order chi connectivity index (χ1) is 14.6. The molecule has 4 heterocycles. The molecule has 0 radical (unpaired) electrons. The second-order valence-electron chi connectivity index (χ2n) is 7.71. The van der Waals surface area contributed by atoms with Crippen LogP contribution < -0.4 is 5.56 Å². The Morgan fingerprint density at radius 2 is 1.80 bits per heavy atom. The van der Waals surface area contributed by atoms with Gasteiger partial charge in [-0.1, -0.05) is 29.8 Å². The van der Waals surface area contributed by atoms with E-state index < -0.39 is 0 Å². The molecule has 0 aliphatic carbocycles. The summed E-state index contributed by atoms with van der Waals surface area (Å²) in [5.41, 5.74) is 3.86. The lowest BCUT2D eigenvalue weighted by atomic mass is 10.1. The number of thiazole rings is 1. The van der Waals surface area contributed by atoms with Crippen molar-refractivity contribution in [2.24, 2.45) is 0 Å². The zero-order chi connectivity index (χ0) is 20.7. The molecule has 1 fully saturated rings. The zero-order valence-corrected chi connectivity index (χ0v) is 18.3. The third-order valence-electron chi connectivity index (χ3n) is 5.73. The Balaban J connectivity index is 1.25. The van der Waals surface area contributed by atoms with E-state index in [1.54, 1.807) is 16.7 Å². The van der Waals surface area contributed by atoms with Gasteiger partial charge in [-0.25, -0.2) is 9.97 Å². The molecule has 0 spiro atoms. The molecule has 1 aliphatic heterocycles. The summed E-state index contributed by atoms with van der Waals surface area (Å²) in [6.07, 6.45) is 1.77. The van der Waals surface area contributed by atoms with E-state index >= 15 is 0 Å². The Morgan fingerprint density at radius 1 is 1.07 bits per heavy atom. The summed E-state index contributed by atoms with van der Waals surface area (Å²) in [4.78, 5) is 27.1.